The topological polar surface area (TPSA) is 46.2 Å². The Morgan fingerprint density at radius 1 is 0.913 bits per heavy atom. The highest BCUT2D eigenvalue weighted by molar-refractivity contribution is 7.88. The van der Waals surface area contributed by atoms with Crippen molar-refractivity contribution in [1.29, 1.82) is 0 Å². The van der Waals surface area contributed by atoms with Crippen LogP contribution in [0.2, 0.25) is 0 Å². The van der Waals surface area contributed by atoms with Gasteiger partial charge in [0.05, 0.1) is 5.75 Å². The van der Waals surface area contributed by atoms with Crippen LogP contribution in [0, 0.1) is 17.6 Å². The first-order valence-corrected chi connectivity index (χ1v) is 8.92. The minimum atomic E-state index is -3.62. The van der Waals surface area contributed by atoms with Crippen LogP contribution in [0.5, 0.6) is 0 Å². The van der Waals surface area contributed by atoms with E-state index in [1.54, 1.807) is 12.1 Å². The predicted octanol–water partition coefficient (Wildman–Crippen LogP) is 3.78. The molecule has 1 atom stereocenters. The standard InChI is InChI=1S/C17H19F2NO2S/c1-12(2)17(14-5-9-16(19)10-6-14)20-23(21,22)11-13-3-7-15(18)8-4-13/h3-10,12,17,20H,11H2,1-2H3. The van der Waals surface area contributed by atoms with Crippen molar-refractivity contribution >= 4 is 10.0 Å². The molecule has 0 amide bonds. The smallest absolute Gasteiger partial charge is 0.212 e. The second kappa shape index (κ2) is 7.19. The maximum absolute atomic E-state index is 13.0. The monoisotopic (exact) mass is 339 g/mol. The van der Waals surface area contributed by atoms with Crippen molar-refractivity contribution < 1.29 is 17.2 Å². The number of nitrogens with one attached hydrogen (secondary N) is 1. The molecule has 1 unspecified atom stereocenters. The quantitative estimate of drug-likeness (QED) is 0.870. The van der Waals surface area contributed by atoms with E-state index in [1.807, 2.05) is 13.8 Å². The molecule has 124 valence electrons. The minimum absolute atomic E-state index is 0.0107. The van der Waals surface area contributed by atoms with Crippen LogP contribution in [0.1, 0.15) is 31.0 Å². The van der Waals surface area contributed by atoms with E-state index < -0.39 is 21.9 Å². The lowest BCUT2D eigenvalue weighted by molar-refractivity contribution is 0.462. The Balaban J connectivity index is 2.18. The molecule has 0 aliphatic carbocycles. The zero-order chi connectivity index (χ0) is 17.0. The summed E-state index contributed by atoms with van der Waals surface area (Å²) < 4.78 is 53.3. The van der Waals surface area contributed by atoms with E-state index in [4.69, 9.17) is 0 Å². The second-order valence-corrected chi connectivity index (χ2v) is 7.53. The van der Waals surface area contributed by atoms with E-state index >= 15 is 0 Å². The summed E-state index contributed by atoms with van der Waals surface area (Å²) in [4.78, 5) is 0. The van der Waals surface area contributed by atoms with E-state index in [1.165, 1.54) is 36.4 Å². The van der Waals surface area contributed by atoms with Gasteiger partial charge in [0.15, 0.2) is 0 Å². The van der Waals surface area contributed by atoms with E-state index in [-0.39, 0.29) is 17.5 Å². The first-order chi connectivity index (χ1) is 10.8. The van der Waals surface area contributed by atoms with E-state index in [0.29, 0.717) is 11.1 Å². The van der Waals surface area contributed by atoms with Crippen molar-refractivity contribution in [3.63, 3.8) is 0 Å². The lowest BCUT2D eigenvalue weighted by Gasteiger charge is -2.23. The average molecular weight is 339 g/mol. The van der Waals surface area contributed by atoms with Gasteiger partial charge in [-0.3, -0.25) is 0 Å². The third kappa shape index (κ3) is 5.11. The van der Waals surface area contributed by atoms with Crippen LogP contribution in [0.4, 0.5) is 8.78 Å². The molecule has 2 aromatic carbocycles. The number of hydrogen-bond acceptors (Lipinski definition) is 2. The summed E-state index contributed by atoms with van der Waals surface area (Å²) in [6.45, 7) is 3.77. The second-order valence-electron chi connectivity index (χ2n) is 5.78. The zero-order valence-electron chi connectivity index (χ0n) is 13.0. The Morgan fingerprint density at radius 2 is 1.39 bits per heavy atom. The van der Waals surface area contributed by atoms with E-state index in [9.17, 15) is 17.2 Å². The van der Waals surface area contributed by atoms with E-state index in [0.717, 1.165) is 0 Å². The third-order valence-electron chi connectivity index (χ3n) is 3.47. The maximum Gasteiger partial charge on any atom is 0.216 e. The largest absolute Gasteiger partial charge is 0.216 e. The van der Waals surface area contributed by atoms with Gasteiger partial charge in [-0.25, -0.2) is 21.9 Å². The number of sulfonamides is 1. The van der Waals surface area contributed by atoms with Gasteiger partial charge in [0, 0.05) is 6.04 Å². The fourth-order valence-electron chi connectivity index (χ4n) is 2.29. The number of rotatable bonds is 6. The molecule has 0 aliphatic heterocycles. The van der Waals surface area contributed by atoms with E-state index in [2.05, 4.69) is 4.72 Å². The lowest BCUT2D eigenvalue weighted by Crippen LogP contribution is -2.32. The van der Waals surface area contributed by atoms with Gasteiger partial charge in [-0.2, -0.15) is 0 Å². The normalized spacial score (nSPS) is 13.3. The van der Waals surface area contributed by atoms with Gasteiger partial charge < -0.3 is 0 Å². The minimum Gasteiger partial charge on any atom is -0.212 e. The molecule has 0 bridgehead atoms. The lowest BCUT2D eigenvalue weighted by atomic mass is 9.97. The van der Waals surface area contributed by atoms with Crippen molar-refractivity contribution in [3.05, 3.63) is 71.3 Å². The Hall–Kier alpha value is -1.79. The average Bonchev–Trinajstić information content (AvgIpc) is 2.48. The Morgan fingerprint density at radius 3 is 1.87 bits per heavy atom. The molecule has 6 heteroatoms. The molecular weight excluding hydrogens is 320 g/mol. The molecule has 0 fully saturated rings. The molecule has 2 aromatic rings. The maximum atomic E-state index is 13.0. The van der Waals surface area contributed by atoms with Gasteiger partial charge in [0.1, 0.15) is 11.6 Å². The highest BCUT2D eigenvalue weighted by Gasteiger charge is 2.22. The van der Waals surface area contributed by atoms with Gasteiger partial charge in [0.25, 0.3) is 0 Å². The van der Waals surface area contributed by atoms with Gasteiger partial charge in [-0.1, -0.05) is 38.1 Å². The Bertz CT molecular complexity index is 741. The molecule has 2 rings (SSSR count). The summed E-state index contributed by atoms with van der Waals surface area (Å²) >= 11 is 0. The molecule has 0 radical (unpaired) electrons. The number of hydrogen-bond donors (Lipinski definition) is 1. The van der Waals surface area contributed by atoms with Crippen molar-refractivity contribution in [1.82, 2.24) is 4.72 Å². The molecule has 0 aliphatic rings. The van der Waals surface area contributed by atoms with Crippen LogP contribution in [0.25, 0.3) is 0 Å². The highest BCUT2D eigenvalue weighted by Crippen LogP contribution is 2.23. The summed E-state index contributed by atoms with van der Waals surface area (Å²) in [7, 11) is -3.62. The van der Waals surface area contributed by atoms with Gasteiger partial charge in [-0.15, -0.1) is 0 Å². The fraction of sp³-hybridized carbons (Fsp3) is 0.294. The third-order valence-corrected chi connectivity index (χ3v) is 4.80. The Labute approximate surface area is 135 Å². The van der Waals surface area contributed by atoms with Crippen molar-refractivity contribution in [2.45, 2.75) is 25.6 Å². The summed E-state index contributed by atoms with van der Waals surface area (Å²) in [5, 5.41) is 0. The van der Waals surface area contributed by atoms with Crippen LogP contribution in [0.15, 0.2) is 48.5 Å². The first-order valence-electron chi connectivity index (χ1n) is 7.27. The van der Waals surface area contributed by atoms with Crippen molar-refractivity contribution in [2.24, 2.45) is 5.92 Å². The Kier molecular flexibility index (Phi) is 5.49. The molecule has 0 saturated carbocycles. The zero-order valence-corrected chi connectivity index (χ0v) is 13.8. The van der Waals surface area contributed by atoms with Gasteiger partial charge in [-0.05, 0) is 41.3 Å². The molecular formula is C17H19F2NO2S. The van der Waals surface area contributed by atoms with Crippen molar-refractivity contribution in [2.75, 3.05) is 0 Å². The van der Waals surface area contributed by atoms with Crippen LogP contribution < -0.4 is 4.72 Å². The molecule has 23 heavy (non-hydrogen) atoms. The number of halogens is 2. The first kappa shape index (κ1) is 17.6. The van der Waals surface area contributed by atoms with Gasteiger partial charge in [0.2, 0.25) is 10.0 Å². The summed E-state index contributed by atoms with van der Waals surface area (Å²) in [6, 6.07) is 10.6. The molecule has 3 nitrogen and oxygen atoms in total. The summed E-state index contributed by atoms with van der Waals surface area (Å²) in [6.07, 6.45) is 0. The predicted molar refractivity (Wildman–Crippen MR) is 86.1 cm³/mol. The number of benzene rings is 2. The van der Waals surface area contributed by atoms with Crippen LogP contribution in [-0.2, 0) is 15.8 Å². The van der Waals surface area contributed by atoms with Crippen LogP contribution in [0.3, 0.4) is 0 Å². The molecule has 0 heterocycles. The molecule has 0 saturated heterocycles. The van der Waals surface area contributed by atoms with Gasteiger partial charge >= 0.3 is 0 Å². The molecule has 1 N–H and O–H groups in total. The van der Waals surface area contributed by atoms with Crippen molar-refractivity contribution in [3.8, 4) is 0 Å². The van der Waals surface area contributed by atoms with Crippen LogP contribution in [-0.4, -0.2) is 8.42 Å². The molecule has 0 aromatic heterocycles. The highest BCUT2D eigenvalue weighted by atomic mass is 32.2. The fourth-order valence-corrected chi connectivity index (χ4v) is 3.80. The molecule has 0 spiro atoms. The SMILES string of the molecule is CC(C)C(NS(=O)(=O)Cc1ccc(F)cc1)c1ccc(F)cc1. The summed E-state index contributed by atoms with van der Waals surface area (Å²) in [5.41, 5.74) is 1.20. The van der Waals surface area contributed by atoms with Crippen LogP contribution >= 0.6 is 0 Å². The summed E-state index contributed by atoms with van der Waals surface area (Å²) in [5.74, 6) is -1.03.